The standard InChI is InChI=1S/C18H19NO6/c1-2-9-24-18(23)10-3-5-11(6-4-10)19-16(20)14-12-7-8-13(25-12)15(14)17(21)22/h3-8,12-15H,2,9H2,1H3,(H,19,20)(H,21,22)/t12-,13+,14+,15-/m0/s1. The van der Waals surface area contributed by atoms with E-state index in [-0.39, 0.29) is 0 Å². The Morgan fingerprint density at radius 1 is 1.12 bits per heavy atom. The molecule has 1 fully saturated rings. The van der Waals surface area contributed by atoms with Gasteiger partial charge in [0.1, 0.15) is 5.92 Å². The molecular weight excluding hydrogens is 326 g/mol. The van der Waals surface area contributed by atoms with Crippen LogP contribution in [0, 0.1) is 11.8 Å². The van der Waals surface area contributed by atoms with Crippen molar-refractivity contribution in [2.75, 3.05) is 11.9 Å². The molecule has 0 aliphatic carbocycles. The number of esters is 1. The van der Waals surface area contributed by atoms with Gasteiger partial charge in [-0.25, -0.2) is 4.79 Å². The SMILES string of the molecule is CCCOC(=O)c1ccc(NC(=O)[C@H]2[C@@H](C(=O)O)[C@H]3C=C[C@@H]2O3)cc1. The molecule has 2 N–H and O–H groups in total. The number of fused-ring (bicyclic) bond motifs is 2. The van der Waals surface area contributed by atoms with Crippen molar-refractivity contribution in [1.29, 1.82) is 0 Å². The maximum absolute atomic E-state index is 12.5. The van der Waals surface area contributed by atoms with Gasteiger partial charge in [0.15, 0.2) is 0 Å². The molecule has 0 radical (unpaired) electrons. The summed E-state index contributed by atoms with van der Waals surface area (Å²) in [5, 5.41) is 12.0. The Morgan fingerprint density at radius 3 is 2.36 bits per heavy atom. The zero-order valence-electron chi connectivity index (χ0n) is 13.7. The van der Waals surface area contributed by atoms with Gasteiger partial charge in [-0.15, -0.1) is 0 Å². The number of aliphatic carboxylic acids is 1. The number of benzene rings is 1. The highest BCUT2D eigenvalue weighted by molar-refractivity contribution is 5.97. The van der Waals surface area contributed by atoms with Gasteiger partial charge in [0.05, 0.1) is 30.3 Å². The predicted octanol–water partition coefficient (Wildman–Crippen LogP) is 1.85. The van der Waals surface area contributed by atoms with Crippen molar-refractivity contribution >= 4 is 23.5 Å². The molecule has 0 unspecified atom stereocenters. The first-order valence-corrected chi connectivity index (χ1v) is 8.16. The third-order valence-corrected chi connectivity index (χ3v) is 4.31. The van der Waals surface area contributed by atoms with Gasteiger partial charge >= 0.3 is 11.9 Å². The van der Waals surface area contributed by atoms with Crippen molar-refractivity contribution in [3.63, 3.8) is 0 Å². The molecule has 2 bridgehead atoms. The number of anilines is 1. The van der Waals surface area contributed by atoms with E-state index >= 15 is 0 Å². The van der Waals surface area contributed by atoms with Crippen LogP contribution in [0.4, 0.5) is 5.69 Å². The molecule has 3 rings (SSSR count). The Hall–Kier alpha value is -2.67. The number of carboxylic acids is 1. The summed E-state index contributed by atoms with van der Waals surface area (Å²) in [6.07, 6.45) is 3.07. The maximum Gasteiger partial charge on any atom is 0.338 e. The smallest absolute Gasteiger partial charge is 0.338 e. The Morgan fingerprint density at radius 2 is 1.76 bits per heavy atom. The quantitative estimate of drug-likeness (QED) is 0.603. The fourth-order valence-corrected chi connectivity index (χ4v) is 3.11. The minimum absolute atomic E-state index is 0.353. The molecule has 1 aromatic carbocycles. The number of hydrogen-bond acceptors (Lipinski definition) is 5. The summed E-state index contributed by atoms with van der Waals surface area (Å²) in [5.74, 6) is -3.55. The van der Waals surface area contributed by atoms with Crippen LogP contribution in [0.2, 0.25) is 0 Å². The van der Waals surface area contributed by atoms with E-state index in [1.165, 1.54) is 0 Å². The Kier molecular flexibility index (Phi) is 4.85. The summed E-state index contributed by atoms with van der Waals surface area (Å²) in [7, 11) is 0. The average Bonchev–Trinajstić information content (AvgIpc) is 3.21. The second-order valence-electron chi connectivity index (χ2n) is 6.04. The van der Waals surface area contributed by atoms with Crippen LogP contribution in [0.15, 0.2) is 36.4 Å². The lowest BCUT2D eigenvalue weighted by Gasteiger charge is -2.21. The van der Waals surface area contributed by atoms with Crippen molar-refractivity contribution in [3.05, 3.63) is 42.0 Å². The lowest BCUT2D eigenvalue weighted by molar-refractivity contribution is -0.145. The Bertz CT molecular complexity index is 711. The van der Waals surface area contributed by atoms with Gasteiger partial charge in [-0.05, 0) is 30.7 Å². The van der Waals surface area contributed by atoms with Gasteiger partial charge < -0.3 is 19.9 Å². The number of hydrogen-bond donors (Lipinski definition) is 2. The van der Waals surface area contributed by atoms with Gasteiger partial charge in [-0.1, -0.05) is 19.1 Å². The number of rotatable bonds is 6. The number of nitrogens with one attached hydrogen (secondary N) is 1. The van der Waals surface area contributed by atoms with E-state index in [9.17, 15) is 19.5 Å². The monoisotopic (exact) mass is 345 g/mol. The molecule has 1 saturated heterocycles. The van der Waals surface area contributed by atoms with Crippen molar-refractivity contribution in [1.82, 2.24) is 0 Å². The lowest BCUT2D eigenvalue weighted by Crippen LogP contribution is -2.39. The number of carboxylic acid groups (broad SMARTS) is 1. The van der Waals surface area contributed by atoms with E-state index in [0.29, 0.717) is 17.9 Å². The predicted molar refractivity (Wildman–Crippen MR) is 88.1 cm³/mol. The summed E-state index contributed by atoms with van der Waals surface area (Å²) < 4.78 is 10.5. The highest BCUT2D eigenvalue weighted by Gasteiger charge is 2.53. The van der Waals surface area contributed by atoms with E-state index in [4.69, 9.17) is 9.47 Å². The largest absolute Gasteiger partial charge is 0.481 e. The molecule has 2 aliphatic rings. The first-order chi connectivity index (χ1) is 12.0. The normalized spacial score (nSPS) is 26.4. The number of carbonyl (C=O) groups is 3. The summed E-state index contributed by atoms with van der Waals surface area (Å²) in [6.45, 7) is 2.26. The highest BCUT2D eigenvalue weighted by atomic mass is 16.5. The fourth-order valence-electron chi connectivity index (χ4n) is 3.11. The molecule has 132 valence electrons. The zero-order valence-corrected chi connectivity index (χ0v) is 13.7. The molecule has 1 aromatic rings. The molecule has 2 aliphatic heterocycles. The summed E-state index contributed by atoms with van der Waals surface area (Å²) in [4.78, 5) is 35.7. The highest BCUT2D eigenvalue weighted by Crippen LogP contribution is 2.39. The van der Waals surface area contributed by atoms with E-state index in [1.54, 1.807) is 36.4 Å². The van der Waals surface area contributed by atoms with Crippen molar-refractivity contribution in [3.8, 4) is 0 Å². The third kappa shape index (κ3) is 3.41. The molecule has 7 nitrogen and oxygen atoms in total. The second kappa shape index (κ2) is 7.06. The number of carbonyl (C=O) groups excluding carboxylic acids is 2. The molecule has 0 saturated carbocycles. The second-order valence-corrected chi connectivity index (χ2v) is 6.04. The molecule has 2 heterocycles. The summed E-state index contributed by atoms with van der Waals surface area (Å²) in [5.41, 5.74) is 0.869. The van der Waals surface area contributed by atoms with Crippen molar-refractivity contribution < 1.29 is 29.0 Å². The average molecular weight is 345 g/mol. The van der Waals surface area contributed by atoms with E-state index in [0.717, 1.165) is 6.42 Å². The first kappa shape index (κ1) is 17.2. The fraction of sp³-hybridized carbons (Fsp3) is 0.389. The van der Waals surface area contributed by atoms with Crippen LogP contribution in [-0.2, 0) is 19.1 Å². The topological polar surface area (TPSA) is 102 Å². The van der Waals surface area contributed by atoms with Crippen LogP contribution in [0.1, 0.15) is 23.7 Å². The molecule has 0 spiro atoms. The third-order valence-electron chi connectivity index (χ3n) is 4.31. The van der Waals surface area contributed by atoms with Crippen LogP contribution in [0.25, 0.3) is 0 Å². The van der Waals surface area contributed by atoms with Crippen LogP contribution < -0.4 is 5.32 Å². The Labute approximate surface area is 144 Å². The molecular formula is C18H19NO6. The molecule has 7 heteroatoms. The minimum atomic E-state index is -1.05. The number of amides is 1. The van der Waals surface area contributed by atoms with Crippen LogP contribution >= 0.6 is 0 Å². The molecule has 1 amide bonds. The van der Waals surface area contributed by atoms with Crippen LogP contribution in [0.5, 0.6) is 0 Å². The first-order valence-electron chi connectivity index (χ1n) is 8.16. The lowest BCUT2D eigenvalue weighted by atomic mass is 9.82. The van der Waals surface area contributed by atoms with Crippen LogP contribution in [0.3, 0.4) is 0 Å². The Balaban J connectivity index is 1.66. The number of ether oxygens (including phenoxy) is 2. The van der Waals surface area contributed by atoms with Crippen molar-refractivity contribution in [2.45, 2.75) is 25.6 Å². The molecule has 4 atom stereocenters. The van der Waals surface area contributed by atoms with E-state index in [2.05, 4.69) is 5.32 Å². The van der Waals surface area contributed by atoms with Gasteiger partial charge in [0, 0.05) is 5.69 Å². The van der Waals surface area contributed by atoms with Gasteiger partial charge in [0.2, 0.25) is 5.91 Å². The van der Waals surface area contributed by atoms with E-state index < -0.39 is 41.9 Å². The maximum atomic E-state index is 12.5. The van der Waals surface area contributed by atoms with Crippen LogP contribution in [-0.4, -0.2) is 41.8 Å². The van der Waals surface area contributed by atoms with Gasteiger partial charge in [0.25, 0.3) is 0 Å². The molecule has 0 aromatic heterocycles. The summed E-state index contributed by atoms with van der Waals surface area (Å²) >= 11 is 0. The minimum Gasteiger partial charge on any atom is -0.481 e. The van der Waals surface area contributed by atoms with Crippen molar-refractivity contribution in [2.24, 2.45) is 11.8 Å². The summed E-state index contributed by atoms with van der Waals surface area (Å²) in [6, 6.07) is 6.28. The van der Waals surface area contributed by atoms with E-state index in [1.807, 2.05) is 6.92 Å². The zero-order chi connectivity index (χ0) is 18.0. The molecule has 25 heavy (non-hydrogen) atoms. The van der Waals surface area contributed by atoms with Gasteiger partial charge in [-0.2, -0.15) is 0 Å². The van der Waals surface area contributed by atoms with Gasteiger partial charge in [-0.3, -0.25) is 9.59 Å².